The molecule has 152 valence electrons. The quantitative estimate of drug-likeness (QED) is 0.251. The van der Waals surface area contributed by atoms with Crippen molar-refractivity contribution in [3.8, 4) is 11.1 Å². The van der Waals surface area contributed by atoms with Gasteiger partial charge in [0.1, 0.15) is 5.69 Å². The van der Waals surface area contributed by atoms with Crippen molar-refractivity contribution in [2.24, 2.45) is 5.10 Å². The number of carbonyl (C=O) groups excluding carboxylic acids is 1. The molecule has 0 saturated heterocycles. The van der Waals surface area contributed by atoms with Crippen LogP contribution < -0.4 is 5.43 Å². The van der Waals surface area contributed by atoms with E-state index in [-0.39, 0.29) is 23.5 Å². The largest absolute Gasteiger partial charge is 0.462 e. The van der Waals surface area contributed by atoms with E-state index in [0.717, 1.165) is 16.7 Å². The number of anilines is 1. The Hall–Kier alpha value is -4.00. The number of nitro groups is 1. The first-order valence-electron chi connectivity index (χ1n) is 9.41. The third kappa shape index (κ3) is 4.88. The maximum atomic E-state index is 11.8. The van der Waals surface area contributed by atoms with Gasteiger partial charge < -0.3 is 4.74 Å². The van der Waals surface area contributed by atoms with Crippen molar-refractivity contribution in [1.82, 2.24) is 0 Å². The molecule has 3 rings (SSSR count). The highest BCUT2D eigenvalue weighted by Crippen LogP contribution is 2.26. The topological polar surface area (TPSA) is 93.8 Å². The van der Waals surface area contributed by atoms with Gasteiger partial charge in [0.25, 0.3) is 5.69 Å². The molecule has 0 aliphatic carbocycles. The zero-order valence-corrected chi connectivity index (χ0v) is 16.7. The lowest BCUT2D eigenvalue weighted by molar-refractivity contribution is -0.384. The van der Waals surface area contributed by atoms with Crippen molar-refractivity contribution in [3.05, 3.63) is 94.0 Å². The van der Waals surface area contributed by atoms with Crippen LogP contribution in [0.25, 0.3) is 11.1 Å². The van der Waals surface area contributed by atoms with Crippen LogP contribution in [-0.2, 0) is 4.74 Å². The predicted molar refractivity (Wildman–Crippen MR) is 117 cm³/mol. The Kier molecular flexibility index (Phi) is 6.54. The number of ether oxygens (including phenoxy) is 1. The van der Waals surface area contributed by atoms with Gasteiger partial charge in [-0.3, -0.25) is 15.5 Å². The van der Waals surface area contributed by atoms with Gasteiger partial charge in [-0.2, -0.15) is 5.10 Å². The van der Waals surface area contributed by atoms with Gasteiger partial charge in [-0.1, -0.05) is 54.6 Å². The molecule has 7 nitrogen and oxygen atoms in total. The van der Waals surface area contributed by atoms with Gasteiger partial charge in [0.05, 0.1) is 22.8 Å². The van der Waals surface area contributed by atoms with E-state index in [1.807, 2.05) is 61.5 Å². The highest BCUT2D eigenvalue weighted by Gasteiger charge is 2.18. The van der Waals surface area contributed by atoms with Crippen molar-refractivity contribution in [3.63, 3.8) is 0 Å². The molecule has 0 unspecified atom stereocenters. The maximum Gasteiger partial charge on any atom is 0.338 e. The van der Waals surface area contributed by atoms with Crippen LogP contribution in [0.2, 0.25) is 0 Å². The molecule has 0 heterocycles. The van der Waals surface area contributed by atoms with E-state index < -0.39 is 10.9 Å². The summed E-state index contributed by atoms with van der Waals surface area (Å²) in [5.74, 6) is -0.606. The molecule has 0 atom stereocenters. The van der Waals surface area contributed by atoms with E-state index >= 15 is 0 Å². The van der Waals surface area contributed by atoms with Crippen LogP contribution in [0.3, 0.4) is 0 Å². The normalized spacial score (nSPS) is 11.1. The zero-order valence-electron chi connectivity index (χ0n) is 16.7. The van der Waals surface area contributed by atoms with Crippen molar-refractivity contribution >= 4 is 23.1 Å². The Labute approximate surface area is 174 Å². The second-order valence-corrected chi connectivity index (χ2v) is 6.46. The third-order valence-corrected chi connectivity index (χ3v) is 4.46. The summed E-state index contributed by atoms with van der Waals surface area (Å²) in [6, 6.07) is 22.0. The number of hydrogen-bond donors (Lipinski definition) is 1. The number of carbonyl (C=O) groups is 1. The number of benzene rings is 3. The number of hydrazone groups is 1. The van der Waals surface area contributed by atoms with Gasteiger partial charge in [0, 0.05) is 6.07 Å². The molecule has 0 spiro atoms. The monoisotopic (exact) mass is 403 g/mol. The smallest absolute Gasteiger partial charge is 0.338 e. The average molecular weight is 403 g/mol. The van der Waals surface area contributed by atoms with Crippen molar-refractivity contribution in [1.29, 1.82) is 0 Å². The summed E-state index contributed by atoms with van der Waals surface area (Å²) in [5, 5.41) is 15.7. The van der Waals surface area contributed by atoms with E-state index in [1.54, 1.807) is 6.92 Å². The number of rotatable bonds is 7. The summed E-state index contributed by atoms with van der Waals surface area (Å²) < 4.78 is 4.89. The molecule has 3 aromatic carbocycles. The molecule has 0 amide bonds. The van der Waals surface area contributed by atoms with Crippen molar-refractivity contribution < 1.29 is 14.5 Å². The first-order chi connectivity index (χ1) is 14.5. The second kappa shape index (κ2) is 9.47. The van der Waals surface area contributed by atoms with E-state index in [2.05, 4.69) is 10.5 Å². The maximum absolute atomic E-state index is 11.8. The Morgan fingerprint density at radius 1 is 1.00 bits per heavy atom. The van der Waals surface area contributed by atoms with E-state index in [1.165, 1.54) is 18.2 Å². The van der Waals surface area contributed by atoms with Crippen LogP contribution in [0.15, 0.2) is 77.9 Å². The summed E-state index contributed by atoms with van der Waals surface area (Å²) in [5.41, 5.74) is 6.54. The zero-order chi connectivity index (χ0) is 21.5. The van der Waals surface area contributed by atoms with Crippen LogP contribution in [-0.4, -0.2) is 23.2 Å². The molecule has 0 radical (unpaired) electrons. The molecule has 0 aliphatic rings. The van der Waals surface area contributed by atoms with Crippen molar-refractivity contribution in [2.75, 3.05) is 12.0 Å². The fourth-order valence-corrected chi connectivity index (χ4v) is 2.86. The van der Waals surface area contributed by atoms with Gasteiger partial charge in [0.15, 0.2) is 0 Å². The van der Waals surface area contributed by atoms with Gasteiger partial charge in [-0.15, -0.1) is 0 Å². The molecule has 30 heavy (non-hydrogen) atoms. The standard InChI is InChI=1S/C23H21N3O4/c1-3-30-23(27)20-13-14-21(22(15-20)26(28)29)25-24-16(2)17-9-11-19(12-10-17)18-7-5-4-6-8-18/h4-15,25H,3H2,1-2H3/b24-16-. The first-order valence-corrected chi connectivity index (χ1v) is 9.41. The van der Waals surface area contributed by atoms with Gasteiger partial charge >= 0.3 is 5.97 Å². The Morgan fingerprint density at radius 2 is 1.63 bits per heavy atom. The highest BCUT2D eigenvalue weighted by molar-refractivity contribution is 5.99. The molecule has 0 aliphatic heterocycles. The molecule has 3 aromatic rings. The lowest BCUT2D eigenvalue weighted by Crippen LogP contribution is -2.07. The van der Waals surface area contributed by atoms with Gasteiger partial charge in [-0.25, -0.2) is 4.79 Å². The van der Waals surface area contributed by atoms with Gasteiger partial charge in [0.2, 0.25) is 0 Å². The van der Waals surface area contributed by atoms with E-state index in [9.17, 15) is 14.9 Å². The highest BCUT2D eigenvalue weighted by atomic mass is 16.6. The lowest BCUT2D eigenvalue weighted by Gasteiger charge is -2.07. The Bertz CT molecular complexity index is 1080. The van der Waals surface area contributed by atoms with Crippen LogP contribution in [0.4, 0.5) is 11.4 Å². The summed E-state index contributed by atoms with van der Waals surface area (Å²) in [6.45, 7) is 3.68. The molecule has 0 fully saturated rings. The van der Waals surface area contributed by atoms with Crippen LogP contribution in [0.1, 0.15) is 29.8 Å². The minimum atomic E-state index is -0.606. The van der Waals surface area contributed by atoms with E-state index in [0.29, 0.717) is 5.71 Å². The average Bonchev–Trinajstić information content (AvgIpc) is 2.78. The summed E-state index contributed by atoms with van der Waals surface area (Å²) in [6.07, 6.45) is 0. The molecule has 0 saturated carbocycles. The van der Waals surface area contributed by atoms with Crippen LogP contribution >= 0.6 is 0 Å². The summed E-state index contributed by atoms with van der Waals surface area (Å²) in [7, 11) is 0. The predicted octanol–water partition coefficient (Wildman–Crippen LogP) is 5.27. The molecular formula is C23H21N3O4. The fourth-order valence-electron chi connectivity index (χ4n) is 2.86. The molecule has 7 heteroatoms. The molecular weight excluding hydrogens is 382 g/mol. The number of nitrogens with one attached hydrogen (secondary N) is 1. The number of nitrogens with zero attached hydrogens (tertiary/aromatic N) is 2. The third-order valence-electron chi connectivity index (χ3n) is 4.46. The van der Waals surface area contributed by atoms with Crippen LogP contribution in [0.5, 0.6) is 0 Å². The molecule has 0 aromatic heterocycles. The number of hydrogen-bond acceptors (Lipinski definition) is 6. The van der Waals surface area contributed by atoms with E-state index in [4.69, 9.17) is 4.74 Å². The number of esters is 1. The van der Waals surface area contributed by atoms with Crippen LogP contribution in [0, 0.1) is 10.1 Å². The Balaban J connectivity index is 1.79. The second-order valence-electron chi connectivity index (χ2n) is 6.46. The fraction of sp³-hybridized carbons (Fsp3) is 0.130. The first kappa shape index (κ1) is 20.7. The number of nitro benzene ring substituents is 1. The lowest BCUT2D eigenvalue weighted by atomic mass is 10.0. The molecule has 1 N–H and O–H groups in total. The summed E-state index contributed by atoms with van der Waals surface area (Å²) >= 11 is 0. The molecule has 0 bridgehead atoms. The van der Waals surface area contributed by atoms with Gasteiger partial charge in [-0.05, 0) is 42.7 Å². The minimum Gasteiger partial charge on any atom is -0.462 e. The Morgan fingerprint density at radius 3 is 2.27 bits per heavy atom. The summed E-state index contributed by atoms with van der Waals surface area (Å²) in [4.78, 5) is 22.7. The SMILES string of the molecule is CCOC(=O)c1ccc(N/N=C(/C)c2ccc(-c3ccccc3)cc2)c([N+](=O)[O-])c1. The van der Waals surface area contributed by atoms with Crippen molar-refractivity contribution in [2.45, 2.75) is 13.8 Å². The minimum absolute atomic E-state index is 0.117.